The van der Waals surface area contributed by atoms with Crippen molar-refractivity contribution in [3.8, 4) is 0 Å². The summed E-state index contributed by atoms with van der Waals surface area (Å²) in [6.07, 6.45) is 0. The van der Waals surface area contributed by atoms with Gasteiger partial charge in [0.15, 0.2) is 0 Å². The van der Waals surface area contributed by atoms with Crippen molar-refractivity contribution in [1.82, 2.24) is 10.3 Å². The van der Waals surface area contributed by atoms with Gasteiger partial charge in [0.1, 0.15) is 4.34 Å². The van der Waals surface area contributed by atoms with Gasteiger partial charge in [0.2, 0.25) is 0 Å². The Balaban J connectivity index is 2.04. The lowest BCUT2D eigenvalue weighted by Crippen LogP contribution is -2.21. The molecule has 1 heterocycles. The summed E-state index contributed by atoms with van der Waals surface area (Å²) in [4.78, 5) is 4.40. The van der Waals surface area contributed by atoms with Gasteiger partial charge in [0, 0.05) is 23.4 Å². The van der Waals surface area contributed by atoms with Crippen molar-refractivity contribution < 1.29 is 0 Å². The lowest BCUT2D eigenvalue weighted by atomic mass is 10.2. The molecule has 1 N–H and O–H groups in total. The highest BCUT2D eigenvalue weighted by Crippen LogP contribution is 2.21. The summed E-state index contributed by atoms with van der Waals surface area (Å²) < 4.78 is 1.19. The van der Waals surface area contributed by atoms with Gasteiger partial charge in [0.05, 0.1) is 0 Å². The van der Waals surface area contributed by atoms with Gasteiger partial charge in [-0.1, -0.05) is 25.6 Å². The molecule has 0 fully saturated rings. The molecule has 0 aliphatic heterocycles. The lowest BCUT2D eigenvalue weighted by Gasteiger charge is -2.05. The Hall–Kier alpha value is -0.0600. The summed E-state index contributed by atoms with van der Waals surface area (Å²) >= 11 is 3.58. The van der Waals surface area contributed by atoms with Gasteiger partial charge in [-0.2, -0.15) is 0 Å². The molecule has 2 nitrogen and oxygen atoms in total. The van der Waals surface area contributed by atoms with Crippen LogP contribution < -0.4 is 5.32 Å². The van der Waals surface area contributed by atoms with Gasteiger partial charge < -0.3 is 5.32 Å². The molecular formula is C10H18N2S2. The molecule has 1 aromatic heterocycles. The number of thiazole rings is 1. The van der Waals surface area contributed by atoms with Gasteiger partial charge >= 0.3 is 0 Å². The standard InChI is InChI=1S/C10H18N2S2/c1-8(2)6-11-4-5-13-10-12-9(3)7-14-10/h7-8,11H,4-6H2,1-3H3. The third kappa shape index (κ3) is 4.98. The zero-order valence-electron chi connectivity index (χ0n) is 9.04. The first-order valence-electron chi connectivity index (χ1n) is 4.94. The molecule has 1 rings (SSSR count). The molecule has 0 bridgehead atoms. The molecule has 0 saturated carbocycles. The van der Waals surface area contributed by atoms with E-state index < -0.39 is 0 Å². The summed E-state index contributed by atoms with van der Waals surface area (Å²) in [5, 5.41) is 5.52. The predicted molar refractivity (Wildman–Crippen MR) is 65.3 cm³/mol. The SMILES string of the molecule is Cc1csc(SCCNCC(C)C)n1. The number of nitrogens with one attached hydrogen (secondary N) is 1. The normalized spacial score (nSPS) is 11.1. The highest BCUT2D eigenvalue weighted by atomic mass is 32.2. The molecule has 0 unspecified atom stereocenters. The zero-order valence-corrected chi connectivity index (χ0v) is 10.7. The largest absolute Gasteiger partial charge is 0.316 e. The second-order valence-electron chi connectivity index (χ2n) is 3.70. The Bertz CT molecular complexity index is 258. The molecule has 0 radical (unpaired) electrons. The number of hydrogen-bond acceptors (Lipinski definition) is 4. The summed E-state index contributed by atoms with van der Waals surface area (Å²) in [6.45, 7) is 8.67. The number of thioether (sulfide) groups is 1. The van der Waals surface area contributed by atoms with E-state index in [0.29, 0.717) is 0 Å². The average molecular weight is 230 g/mol. The van der Waals surface area contributed by atoms with E-state index in [1.54, 1.807) is 11.3 Å². The maximum absolute atomic E-state index is 4.40. The van der Waals surface area contributed by atoms with Crippen molar-refractivity contribution in [3.05, 3.63) is 11.1 Å². The fraction of sp³-hybridized carbons (Fsp3) is 0.700. The zero-order chi connectivity index (χ0) is 10.4. The third-order valence-corrected chi connectivity index (χ3v) is 3.80. The van der Waals surface area contributed by atoms with Gasteiger partial charge in [-0.05, 0) is 19.4 Å². The van der Waals surface area contributed by atoms with E-state index >= 15 is 0 Å². The monoisotopic (exact) mass is 230 g/mol. The molecular weight excluding hydrogens is 212 g/mol. The van der Waals surface area contributed by atoms with Gasteiger partial charge in [0.25, 0.3) is 0 Å². The van der Waals surface area contributed by atoms with Crippen molar-refractivity contribution in [2.24, 2.45) is 5.92 Å². The number of aromatic nitrogens is 1. The Morgan fingerprint density at radius 1 is 1.57 bits per heavy atom. The first-order chi connectivity index (χ1) is 6.68. The van der Waals surface area contributed by atoms with Crippen LogP contribution in [-0.2, 0) is 0 Å². The summed E-state index contributed by atoms with van der Waals surface area (Å²) in [5.41, 5.74) is 1.13. The Morgan fingerprint density at radius 2 is 2.36 bits per heavy atom. The van der Waals surface area contributed by atoms with Crippen LogP contribution in [0.5, 0.6) is 0 Å². The molecule has 80 valence electrons. The van der Waals surface area contributed by atoms with Crippen molar-refractivity contribution >= 4 is 23.1 Å². The van der Waals surface area contributed by atoms with Gasteiger partial charge in [-0.15, -0.1) is 11.3 Å². The predicted octanol–water partition coefficient (Wildman–Crippen LogP) is 2.79. The van der Waals surface area contributed by atoms with Crippen molar-refractivity contribution in [2.75, 3.05) is 18.8 Å². The molecule has 4 heteroatoms. The average Bonchev–Trinajstić information content (AvgIpc) is 2.50. The number of nitrogens with zero attached hydrogens (tertiary/aromatic N) is 1. The second-order valence-corrected chi connectivity index (χ2v) is 5.90. The van der Waals surface area contributed by atoms with E-state index in [1.807, 2.05) is 18.7 Å². The summed E-state index contributed by atoms with van der Waals surface area (Å²) in [7, 11) is 0. The van der Waals surface area contributed by atoms with Crippen LogP contribution in [-0.4, -0.2) is 23.8 Å². The quantitative estimate of drug-likeness (QED) is 0.601. The molecule has 14 heavy (non-hydrogen) atoms. The molecule has 0 aromatic carbocycles. The minimum absolute atomic E-state index is 0.738. The van der Waals surface area contributed by atoms with E-state index in [4.69, 9.17) is 0 Å². The van der Waals surface area contributed by atoms with Crippen molar-refractivity contribution in [2.45, 2.75) is 25.1 Å². The van der Waals surface area contributed by atoms with E-state index in [0.717, 1.165) is 30.5 Å². The van der Waals surface area contributed by atoms with E-state index in [9.17, 15) is 0 Å². The van der Waals surface area contributed by atoms with Crippen LogP contribution in [0, 0.1) is 12.8 Å². The third-order valence-electron chi connectivity index (χ3n) is 1.65. The van der Waals surface area contributed by atoms with Crippen LogP contribution in [0.1, 0.15) is 19.5 Å². The topological polar surface area (TPSA) is 24.9 Å². The van der Waals surface area contributed by atoms with E-state index in [1.165, 1.54) is 4.34 Å². The smallest absolute Gasteiger partial charge is 0.150 e. The Labute approximate surface area is 94.5 Å². The van der Waals surface area contributed by atoms with Crippen LogP contribution in [0.15, 0.2) is 9.72 Å². The second kappa shape index (κ2) is 6.43. The van der Waals surface area contributed by atoms with E-state index in [-0.39, 0.29) is 0 Å². The number of hydrogen-bond donors (Lipinski definition) is 1. The van der Waals surface area contributed by atoms with Gasteiger partial charge in [-0.3, -0.25) is 0 Å². The summed E-state index contributed by atoms with van der Waals surface area (Å²) in [5.74, 6) is 1.85. The van der Waals surface area contributed by atoms with E-state index in [2.05, 4.69) is 29.5 Å². The lowest BCUT2D eigenvalue weighted by molar-refractivity contribution is 0.568. The Morgan fingerprint density at radius 3 is 2.93 bits per heavy atom. The molecule has 0 saturated heterocycles. The van der Waals surface area contributed by atoms with Crippen LogP contribution in [0.25, 0.3) is 0 Å². The fourth-order valence-corrected chi connectivity index (χ4v) is 2.82. The highest BCUT2D eigenvalue weighted by molar-refractivity contribution is 8.01. The van der Waals surface area contributed by atoms with Crippen LogP contribution in [0.3, 0.4) is 0 Å². The number of rotatable bonds is 6. The minimum atomic E-state index is 0.738. The number of aryl methyl sites for hydroxylation is 1. The van der Waals surface area contributed by atoms with Gasteiger partial charge in [-0.25, -0.2) is 4.98 Å². The molecule has 0 atom stereocenters. The van der Waals surface area contributed by atoms with Crippen LogP contribution in [0.2, 0.25) is 0 Å². The molecule has 0 aliphatic rings. The van der Waals surface area contributed by atoms with Crippen LogP contribution >= 0.6 is 23.1 Å². The van der Waals surface area contributed by atoms with Crippen molar-refractivity contribution in [1.29, 1.82) is 0 Å². The molecule has 0 aliphatic carbocycles. The first kappa shape index (κ1) is 12.0. The maximum Gasteiger partial charge on any atom is 0.150 e. The highest BCUT2D eigenvalue weighted by Gasteiger charge is 1.98. The van der Waals surface area contributed by atoms with Crippen molar-refractivity contribution in [3.63, 3.8) is 0 Å². The maximum atomic E-state index is 4.40. The van der Waals surface area contributed by atoms with Crippen LogP contribution in [0.4, 0.5) is 0 Å². The minimum Gasteiger partial charge on any atom is -0.316 e. The fourth-order valence-electron chi connectivity index (χ4n) is 1.000. The first-order valence-corrected chi connectivity index (χ1v) is 6.80. The molecule has 0 amide bonds. The molecule has 1 aromatic rings. The molecule has 0 spiro atoms. The summed E-state index contributed by atoms with van der Waals surface area (Å²) in [6, 6.07) is 0. The Kier molecular flexibility index (Phi) is 5.52.